The largest absolute Gasteiger partial charge is 0.272 e. The van der Waals surface area contributed by atoms with Crippen LogP contribution in [-0.2, 0) is 4.79 Å². The summed E-state index contributed by atoms with van der Waals surface area (Å²) in [5.74, 6) is -0.214. The molecule has 1 N–H and O–H groups in total. The highest BCUT2D eigenvalue weighted by atomic mass is 32.2. The van der Waals surface area contributed by atoms with Crippen molar-refractivity contribution in [1.82, 2.24) is 15.0 Å². The minimum absolute atomic E-state index is 0.0688. The van der Waals surface area contributed by atoms with E-state index < -0.39 is 0 Å². The number of rotatable bonds is 7. The summed E-state index contributed by atoms with van der Waals surface area (Å²) in [4.78, 5) is 31.4. The fraction of sp³-hybridized carbons (Fsp3) is 0.120. The van der Waals surface area contributed by atoms with Gasteiger partial charge in [-0.15, -0.1) is 11.8 Å². The number of para-hydroxylation sites is 1. The van der Waals surface area contributed by atoms with Crippen molar-refractivity contribution in [3.8, 4) is 5.69 Å². The van der Waals surface area contributed by atoms with E-state index in [1.54, 1.807) is 34.7 Å². The summed E-state index contributed by atoms with van der Waals surface area (Å²) in [5.41, 5.74) is 5.66. The van der Waals surface area contributed by atoms with Crippen LogP contribution in [0, 0.1) is 6.92 Å². The zero-order valence-electron chi connectivity index (χ0n) is 18.2. The molecule has 33 heavy (non-hydrogen) atoms. The molecule has 1 heterocycles. The SMILES string of the molecule is CSc1ccc(/C=N\NC(=O)CSc2nc3ccccc3c(=O)n2-c2ccc(C)cc2)cc1. The van der Waals surface area contributed by atoms with Crippen LogP contribution in [0.15, 0.2) is 92.7 Å². The Bertz CT molecular complexity index is 1360. The van der Waals surface area contributed by atoms with Crippen LogP contribution in [0.3, 0.4) is 0 Å². The van der Waals surface area contributed by atoms with Gasteiger partial charge in [-0.1, -0.05) is 53.7 Å². The molecule has 0 aliphatic heterocycles. The van der Waals surface area contributed by atoms with Gasteiger partial charge in [-0.3, -0.25) is 14.2 Å². The van der Waals surface area contributed by atoms with Crippen molar-refractivity contribution in [3.63, 3.8) is 0 Å². The van der Waals surface area contributed by atoms with Crippen LogP contribution < -0.4 is 11.0 Å². The number of carbonyl (C=O) groups excluding carboxylic acids is 1. The van der Waals surface area contributed by atoms with Crippen LogP contribution in [0.4, 0.5) is 0 Å². The van der Waals surface area contributed by atoms with Crippen molar-refractivity contribution in [1.29, 1.82) is 0 Å². The fourth-order valence-corrected chi connectivity index (χ4v) is 4.38. The molecule has 4 rings (SSSR count). The predicted octanol–water partition coefficient (Wildman–Crippen LogP) is 4.66. The van der Waals surface area contributed by atoms with E-state index >= 15 is 0 Å². The summed E-state index contributed by atoms with van der Waals surface area (Å²) in [5, 5.41) is 5.02. The summed E-state index contributed by atoms with van der Waals surface area (Å²) < 4.78 is 1.55. The van der Waals surface area contributed by atoms with E-state index in [0.29, 0.717) is 21.7 Å². The van der Waals surface area contributed by atoms with Crippen molar-refractivity contribution in [3.05, 3.63) is 94.3 Å². The standard InChI is InChI=1S/C25H22N4O2S2/c1-17-7-11-19(12-8-17)29-24(31)21-5-3-4-6-22(21)27-25(29)33-16-23(30)28-26-15-18-9-13-20(32-2)14-10-18/h3-15H,16H2,1-2H3,(H,28,30)/b26-15-. The second-order valence-electron chi connectivity index (χ2n) is 7.24. The Balaban J connectivity index is 1.53. The number of benzene rings is 3. The van der Waals surface area contributed by atoms with Crippen LogP contribution >= 0.6 is 23.5 Å². The number of hydrogen-bond donors (Lipinski definition) is 1. The van der Waals surface area contributed by atoms with E-state index in [2.05, 4.69) is 15.5 Å². The number of thioether (sulfide) groups is 2. The Morgan fingerprint density at radius 2 is 1.79 bits per heavy atom. The lowest BCUT2D eigenvalue weighted by atomic mass is 10.2. The number of nitrogens with one attached hydrogen (secondary N) is 1. The minimum atomic E-state index is -0.283. The first kappa shape index (κ1) is 22.8. The molecule has 4 aromatic rings. The Hall–Kier alpha value is -3.36. The molecule has 0 aliphatic rings. The molecule has 0 bridgehead atoms. The minimum Gasteiger partial charge on any atom is -0.272 e. The molecule has 0 aliphatic carbocycles. The molecule has 1 aromatic heterocycles. The maximum Gasteiger partial charge on any atom is 0.266 e. The molecule has 8 heteroatoms. The van der Waals surface area contributed by atoms with Gasteiger partial charge in [0.25, 0.3) is 11.5 Å². The highest BCUT2D eigenvalue weighted by molar-refractivity contribution is 7.99. The van der Waals surface area contributed by atoms with Gasteiger partial charge in [-0.05, 0) is 55.1 Å². The molecule has 1 amide bonds. The van der Waals surface area contributed by atoms with Crippen LogP contribution in [0.5, 0.6) is 0 Å². The first-order valence-electron chi connectivity index (χ1n) is 10.2. The van der Waals surface area contributed by atoms with Gasteiger partial charge in [-0.2, -0.15) is 5.10 Å². The zero-order valence-corrected chi connectivity index (χ0v) is 19.8. The van der Waals surface area contributed by atoms with E-state index in [0.717, 1.165) is 16.0 Å². The van der Waals surface area contributed by atoms with Crippen LogP contribution in [0.2, 0.25) is 0 Å². The Kier molecular flexibility index (Phi) is 7.26. The van der Waals surface area contributed by atoms with Crippen molar-refractivity contribution >= 4 is 46.5 Å². The average molecular weight is 475 g/mol. The molecule has 0 fully saturated rings. The van der Waals surface area contributed by atoms with E-state index in [9.17, 15) is 9.59 Å². The molecular formula is C25H22N4O2S2. The van der Waals surface area contributed by atoms with Crippen molar-refractivity contribution in [2.24, 2.45) is 5.10 Å². The molecule has 0 radical (unpaired) electrons. The van der Waals surface area contributed by atoms with Crippen molar-refractivity contribution in [2.75, 3.05) is 12.0 Å². The number of carbonyl (C=O) groups is 1. The van der Waals surface area contributed by atoms with E-state index in [1.807, 2.05) is 73.8 Å². The topological polar surface area (TPSA) is 76.3 Å². The van der Waals surface area contributed by atoms with E-state index in [1.165, 1.54) is 11.8 Å². The predicted molar refractivity (Wildman–Crippen MR) is 137 cm³/mol. The van der Waals surface area contributed by atoms with Gasteiger partial charge in [0.1, 0.15) is 0 Å². The van der Waals surface area contributed by atoms with Crippen LogP contribution in [0.25, 0.3) is 16.6 Å². The summed E-state index contributed by atoms with van der Waals surface area (Å²) in [6.07, 6.45) is 3.62. The molecule has 3 aromatic carbocycles. The Labute approximate surface area is 200 Å². The first-order chi connectivity index (χ1) is 16.0. The summed E-state index contributed by atoms with van der Waals surface area (Å²) in [7, 11) is 0. The second-order valence-corrected chi connectivity index (χ2v) is 9.06. The normalized spacial score (nSPS) is 11.2. The lowest BCUT2D eigenvalue weighted by Crippen LogP contribution is -2.24. The third-order valence-electron chi connectivity index (χ3n) is 4.89. The van der Waals surface area contributed by atoms with Gasteiger partial charge < -0.3 is 0 Å². The van der Waals surface area contributed by atoms with Gasteiger partial charge >= 0.3 is 0 Å². The lowest BCUT2D eigenvalue weighted by Gasteiger charge is -2.13. The third kappa shape index (κ3) is 5.53. The van der Waals surface area contributed by atoms with Gasteiger partial charge in [0, 0.05) is 4.90 Å². The molecule has 0 unspecified atom stereocenters. The Morgan fingerprint density at radius 3 is 2.52 bits per heavy atom. The summed E-state index contributed by atoms with van der Waals surface area (Å²) in [6.45, 7) is 1.99. The molecule has 0 spiro atoms. The zero-order chi connectivity index (χ0) is 23.2. The van der Waals surface area contributed by atoms with Crippen molar-refractivity contribution < 1.29 is 4.79 Å². The van der Waals surface area contributed by atoms with E-state index in [-0.39, 0.29) is 17.2 Å². The number of amides is 1. The number of fused-ring (bicyclic) bond motifs is 1. The van der Waals surface area contributed by atoms with Crippen molar-refractivity contribution in [2.45, 2.75) is 17.0 Å². The monoisotopic (exact) mass is 474 g/mol. The highest BCUT2D eigenvalue weighted by Crippen LogP contribution is 2.21. The Morgan fingerprint density at radius 1 is 1.06 bits per heavy atom. The quantitative estimate of drug-likeness (QED) is 0.182. The number of hydrogen-bond acceptors (Lipinski definition) is 6. The number of nitrogens with zero attached hydrogens (tertiary/aromatic N) is 3. The maximum absolute atomic E-state index is 13.2. The van der Waals surface area contributed by atoms with Crippen LogP contribution in [0.1, 0.15) is 11.1 Å². The molecule has 0 atom stereocenters. The molecule has 0 saturated heterocycles. The molecule has 166 valence electrons. The number of hydrazone groups is 1. The second kappa shape index (κ2) is 10.5. The summed E-state index contributed by atoms with van der Waals surface area (Å²) in [6, 6.07) is 22.7. The highest BCUT2D eigenvalue weighted by Gasteiger charge is 2.14. The van der Waals surface area contributed by atoms with Gasteiger partial charge in [-0.25, -0.2) is 10.4 Å². The lowest BCUT2D eigenvalue weighted by molar-refractivity contribution is -0.118. The molecular weight excluding hydrogens is 452 g/mol. The third-order valence-corrected chi connectivity index (χ3v) is 6.57. The smallest absolute Gasteiger partial charge is 0.266 e. The fourth-order valence-electron chi connectivity index (χ4n) is 3.16. The van der Waals surface area contributed by atoms with E-state index in [4.69, 9.17) is 0 Å². The average Bonchev–Trinajstić information content (AvgIpc) is 2.84. The van der Waals surface area contributed by atoms with Gasteiger partial charge in [0.15, 0.2) is 5.16 Å². The van der Waals surface area contributed by atoms with Gasteiger partial charge in [0.2, 0.25) is 0 Å². The number of aryl methyl sites for hydroxylation is 1. The molecule has 0 saturated carbocycles. The summed E-state index contributed by atoms with van der Waals surface area (Å²) >= 11 is 2.86. The first-order valence-corrected chi connectivity index (χ1v) is 12.4. The molecule has 6 nitrogen and oxygen atoms in total. The van der Waals surface area contributed by atoms with Crippen LogP contribution in [-0.4, -0.2) is 33.7 Å². The number of aromatic nitrogens is 2. The van der Waals surface area contributed by atoms with Gasteiger partial charge in [0.05, 0.1) is 28.6 Å². The maximum atomic E-state index is 13.2.